The second-order valence-corrected chi connectivity index (χ2v) is 3.30. The Morgan fingerprint density at radius 2 is 2.20 bits per heavy atom. The van der Waals surface area contributed by atoms with E-state index in [-0.39, 0.29) is 5.69 Å². The summed E-state index contributed by atoms with van der Waals surface area (Å²) in [5.41, 5.74) is 0.244. The topological polar surface area (TPSA) is 75.4 Å². The largest absolute Gasteiger partial charge is 0.480 e. The molecule has 1 heterocycles. The molecule has 1 N–H and O–H groups in total. The van der Waals surface area contributed by atoms with Crippen LogP contribution in [0.3, 0.4) is 0 Å². The maximum absolute atomic E-state index is 11.7. The number of hydrogen-bond donors (Lipinski definition) is 1. The molecule has 1 amide bonds. The summed E-state index contributed by atoms with van der Waals surface area (Å²) in [4.78, 5) is 23.5. The fraction of sp³-hybridized carbons (Fsp3) is 0.444. The molecule has 1 rings (SSSR count). The van der Waals surface area contributed by atoms with Crippen molar-refractivity contribution in [2.45, 2.75) is 13.0 Å². The molecule has 1 aromatic rings. The van der Waals surface area contributed by atoms with Gasteiger partial charge >= 0.3 is 5.97 Å². The summed E-state index contributed by atoms with van der Waals surface area (Å²) in [6.45, 7) is 1.45. The highest BCUT2D eigenvalue weighted by Gasteiger charge is 2.23. The van der Waals surface area contributed by atoms with Gasteiger partial charge in [0, 0.05) is 20.3 Å². The summed E-state index contributed by atoms with van der Waals surface area (Å²) in [6, 6.07) is 0.687. The second-order valence-electron chi connectivity index (χ2n) is 3.30. The van der Waals surface area contributed by atoms with Gasteiger partial charge in [-0.3, -0.25) is 9.48 Å². The van der Waals surface area contributed by atoms with E-state index >= 15 is 0 Å². The normalized spacial score (nSPS) is 12.2. The maximum Gasteiger partial charge on any atom is 0.326 e. The van der Waals surface area contributed by atoms with Crippen LogP contribution in [0.5, 0.6) is 0 Å². The van der Waals surface area contributed by atoms with Crippen molar-refractivity contribution >= 4 is 11.9 Å². The summed E-state index contributed by atoms with van der Waals surface area (Å²) in [5.74, 6) is -1.44. The lowest BCUT2D eigenvalue weighted by Gasteiger charge is -2.20. The van der Waals surface area contributed by atoms with Gasteiger partial charge in [0.2, 0.25) is 0 Å². The molecule has 0 radical (unpaired) electrons. The monoisotopic (exact) mass is 211 g/mol. The van der Waals surface area contributed by atoms with Gasteiger partial charge in [0.05, 0.1) is 0 Å². The Morgan fingerprint density at radius 1 is 1.60 bits per heavy atom. The van der Waals surface area contributed by atoms with Crippen molar-refractivity contribution in [2.24, 2.45) is 7.05 Å². The molecule has 0 aliphatic carbocycles. The summed E-state index contributed by atoms with van der Waals surface area (Å²) in [7, 11) is 3.13. The zero-order valence-corrected chi connectivity index (χ0v) is 8.84. The second kappa shape index (κ2) is 4.12. The standard InChI is InChI=1S/C9H13N3O3/c1-6(9(14)15)12(3)8(13)7-4-5-11(2)10-7/h4-6H,1-3H3,(H,14,15). The SMILES string of the molecule is CC(C(=O)O)N(C)C(=O)c1ccn(C)n1. The average molecular weight is 211 g/mol. The summed E-state index contributed by atoms with van der Waals surface area (Å²) in [5, 5.41) is 12.6. The number of carboxylic acid groups (broad SMARTS) is 1. The van der Waals surface area contributed by atoms with E-state index in [1.54, 1.807) is 19.3 Å². The fourth-order valence-corrected chi connectivity index (χ4v) is 1.05. The molecule has 1 aromatic heterocycles. The lowest BCUT2D eigenvalue weighted by Crippen LogP contribution is -2.40. The number of rotatable bonds is 3. The van der Waals surface area contributed by atoms with Gasteiger partial charge in [0.25, 0.3) is 5.91 Å². The maximum atomic E-state index is 11.7. The first kappa shape index (κ1) is 11.2. The molecule has 0 bridgehead atoms. The molecule has 1 unspecified atom stereocenters. The lowest BCUT2D eigenvalue weighted by atomic mass is 10.2. The van der Waals surface area contributed by atoms with E-state index in [2.05, 4.69) is 5.10 Å². The zero-order valence-electron chi connectivity index (χ0n) is 8.84. The van der Waals surface area contributed by atoms with Gasteiger partial charge in [-0.2, -0.15) is 5.10 Å². The number of carbonyl (C=O) groups excluding carboxylic acids is 1. The van der Waals surface area contributed by atoms with E-state index in [4.69, 9.17) is 5.11 Å². The third-order valence-corrected chi connectivity index (χ3v) is 2.19. The number of carboxylic acids is 1. The quantitative estimate of drug-likeness (QED) is 0.761. The van der Waals surface area contributed by atoms with Crippen molar-refractivity contribution in [2.75, 3.05) is 7.05 Å². The number of carbonyl (C=O) groups is 2. The van der Waals surface area contributed by atoms with Crippen LogP contribution in [0.25, 0.3) is 0 Å². The number of aromatic nitrogens is 2. The smallest absolute Gasteiger partial charge is 0.326 e. The molecule has 6 heteroatoms. The fourth-order valence-electron chi connectivity index (χ4n) is 1.05. The summed E-state index contributed by atoms with van der Waals surface area (Å²) < 4.78 is 1.49. The Bertz CT molecular complexity index is 386. The average Bonchev–Trinajstić information content (AvgIpc) is 2.61. The Kier molecular flexibility index (Phi) is 3.08. The van der Waals surface area contributed by atoms with E-state index in [1.165, 1.54) is 18.7 Å². The number of likely N-dealkylation sites (N-methyl/N-ethyl adjacent to an activating group) is 1. The Labute approximate surface area is 87.1 Å². The molecule has 82 valence electrons. The number of hydrogen-bond acceptors (Lipinski definition) is 3. The van der Waals surface area contributed by atoms with E-state index in [1.807, 2.05) is 0 Å². The van der Waals surface area contributed by atoms with Gasteiger partial charge in [0.1, 0.15) is 11.7 Å². The van der Waals surface area contributed by atoms with Crippen LogP contribution in [0, 0.1) is 0 Å². The molecule has 15 heavy (non-hydrogen) atoms. The van der Waals surface area contributed by atoms with E-state index in [0.717, 1.165) is 4.90 Å². The minimum absolute atomic E-state index is 0.244. The summed E-state index contributed by atoms with van der Waals surface area (Å²) in [6.07, 6.45) is 1.63. The van der Waals surface area contributed by atoms with Crippen LogP contribution < -0.4 is 0 Å². The molecule has 6 nitrogen and oxygen atoms in total. The summed E-state index contributed by atoms with van der Waals surface area (Å²) >= 11 is 0. The molecule has 0 aromatic carbocycles. The highest BCUT2D eigenvalue weighted by Crippen LogP contribution is 2.04. The van der Waals surface area contributed by atoms with Crippen LogP contribution in [-0.2, 0) is 11.8 Å². The lowest BCUT2D eigenvalue weighted by molar-refractivity contribution is -0.141. The molecular weight excluding hydrogens is 198 g/mol. The number of amides is 1. The number of aliphatic carboxylic acids is 1. The van der Waals surface area contributed by atoms with E-state index in [9.17, 15) is 9.59 Å². The minimum Gasteiger partial charge on any atom is -0.480 e. The van der Waals surface area contributed by atoms with Gasteiger partial charge in [-0.25, -0.2) is 4.79 Å². The van der Waals surface area contributed by atoms with Gasteiger partial charge in [-0.1, -0.05) is 0 Å². The molecule has 0 fully saturated rings. The van der Waals surface area contributed by atoms with Crippen molar-refractivity contribution in [1.82, 2.24) is 14.7 Å². The third-order valence-electron chi connectivity index (χ3n) is 2.19. The highest BCUT2D eigenvalue weighted by atomic mass is 16.4. The predicted molar refractivity (Wildman–Crippen MR) is 52.4 cm³/mol. The molecular formula is C9H13N3O3. The predicted octanol–water partition coefficient (Wildman–Crippen LogP) is -0.0348. The van der Waals surface area contributed by atoms with E-state index in [0.29, 0.717) is 0 Å². The first-order valence-electron chi connectivity index (χ1n) is 4.43. The van der Waals surface area contributed by atoms with Crippen LogP contribution in [0.4, 0.5) is 0 Å². The number of nitrogens with zero attached hydrogens (tertiary/aromatic N) is 3. The molecule has 0 saturated heterocycles. The van der Waals surface area contributed by atoms with E-state index < -0.39 is 17.9 Å². The van der Waals surface area contributed by atoms with Crippen molar-refractivity contribution in [1.29, 1.82) is 0 Å². The first-order chi connectivity index (χ1) is 6.93. The van der Waals surface area contributed by atoms with Crippen LogP contribution >= 0.6 is 0 Å². The van der Waals surface area contributed by atoms with Crippen LogP contribution in [-0.4, -0.2) is 44.8 Å². The van der Waals surface area contributed by atoms with Gasteiger partial charge < -0.3 is 10.0 Å². The van der Waals surface area contributed by atoms with Crippen LogP contribution in [0.1, 0.15) is 17.4 Å². The van der Waals surface area contributed by atoms with Gasteiger partial charge in [-0.05, 0) is 13.0 Å². The molecule has 0 aliphatic heterocycles. The van der Waals surface area contributed by atoms with Crippen molar-refractivity contribution in [3.8, 4) is 0 Å². The highest BCUT2D eigenvalue weighted by molar-refractivity contribution is 5.94. The molecule has 0 aliphatic rings. The van der Waals surface area contributed by atoms with Crippen LogP contribution in [0.15, 0.2) is 12.3 Å². The first-order valence-corrected chi connectivity index (χ1v) is 4.43. The van der Waals surface area contributed by atoms with Crippen molar-refractivity contribution < 1.29 is 14.7 Å². The van der Waals surface area contributed by atoms with Crippen molar-refractivity contribution in [3.63, 3.8) is 0 Å². The van der Waals surface area contributed by atoms with Gasteiger partial charge in [0.15, 0.2) is 0 Å². The minimum atomic E-state index is -1.04. The Balaban J connectivity index is 2.81. The van der Waals surface area contributed by atoms with Gasteiger partial charge in [-0.15, -0.1) is 0 Å². The Hall–Kier alpha value is -1.85. The number of aryl methyl sites for hydroxylation is 1. The molecule has 0 saturated carbocycles. The Morgan fingerprint density at radius 3 is 2.60 bits per heavy atom. The molecule has 0 spiro atoms. The third kappa shape index (κ3) is 2.34. The molecule has 1 atom stereocenters. The van der Waals surface area contributed by atoms with Crippen LogP contribution in [0.2, 0.25) is 0 Å². The van der Waals surface area contributed by atoms with Crippen molar-refractivity contribution in [3.05, 3.63) is 18.0 Å². The zero-order chi connectivity index (χ0) is 11.6.